The zero-order valence-corrected chi connectivity index (χ0v) is 10.7. The van der Waals surface area contributed by atoms with E-state index in [1.54, 1.807) is 24.3 Å². The minimum absolute atomic E-state index is 0.00516. The molecule has 0 unspecified atom stereocenters. The summed E-state index contributed by atoms with van der Waals surface area (Å²) in [5, 5.41) is 0.594. The molecule has 0 amide bonds. The van der Waals surface area contributed by atoms with Gasteiger partial charge in [-0.1, -0.05) is 11.6 Å². The highest BCUT2D eigenvalue weighted by molar-refractivity contribution is 6.30. The average molecular weight is 279 g/mol. The van der Waals surface area contributed by atoms with Crippen LogP contribution in [0, 0.1) is 17.8 Å². The van der Waals surface area contributed by atoms with Gasteiger partial charge in [-0.25, -0.2) is 0 Å². The second-order valence-corrected chi connectivity index (χ2v) is 5.68. The summed E-state index contributed by atoms with van der Waals surface area (Å²) in [6.45, 7) is 0.419. The second-order valence-electron chi connectivity index (χ2n) is 5.24. The Labute approximate surface area is 114 Å². The lowest BCUT2D eigenvalue weighted by Crippen LogP contribution is -2.30. The number of rotatable bonds is 2. The van der Waals surface area contributed by atoms with E-state index in [-0.39, 0.29) is 35.4 Å². The number of benzene rings is 1. The Morgan fingerprint density at radius 1 is 1.26 bits per heavy atom. The standard InChI is InChI=1S/C14H11ClO4/c15-7-3-1-6(2-4-7)12(16)10-9-8-5-18-14(19-8)13(17)11(9)10/h1-4,8-11,14H,5H2/t8-,9-,10+,11-,14+/m1/s1. The van der Waals surface area contributed by atoms with Gasteiger partial charge in [0.2, 0.25) is 6.29 Å². The number of carbonyl (C=O) groups is 2. The van der Waals surface area contributed by atoms with E-state index in [1.807, 2.05) is 0 Å². The van der Waals surface area contributed by atoms with E-state index in [0.29, 0.717) is 17.2 Å². The Kier molecular flexibility index (Phi) is 2.37. The molecule has 0 radical (unpaired) electrons. The van der Waals surface area contributed by atoms with Crippen molar-refractivity contribution < 1.29 is 19.1 Å². The van der Waals surface area contributed by atoms with Crippen LogP contribution in [-0.2, 0) is 14.3 Å². The SMILES string of the molecule is O=C(c1ccc(Cl)cc1)[C@@H]1[C@@H]2C(=O)[C@H]3OC[C@@H](O3)[C@H]12. The predicted octanol–water partition coefficient (Wildman–Crippen LogP) is 1.71. The molecular formula is C14H11ClO4. The van der Waals surface area contributed by atoms with Crippen LogP contribution < -0.4 is 0 Å². The zero-order valence-electron chi connectivity index (χ0n) is 9.91. The van der Waals surface area contributed by atoms with Gasteiger partial charge in [0.05, 0.1) is 12.7 Å². The van der Waals surface area contributed by atoms with Crippen LogP contribution in [-0.4, -0.2) is 30.6 Å². The maximum atomic E-state index is 12.4. The molecule has 2 saturated heterocycles. The minimum Gasteiger partial charge on any atom is -0.343 e. The van der Waals surface area contributed by atoms with Crippen LogP contribution in [0.15, 0.2) is 24.3 Å². The van der Waals surface area contributed by atoms with Crippen molar-refractivity contribution >= 4 is 23.2 Å². The van der Waals surface area contributed by atoms with E-state index in [0.717, 1.165) is 0 Å². The van der Waals surface area contributed by atoms with Gasteiger partial charge in [0.15, 0.2) is 11.6 Å². The number of ether oxygens (including phenoxy) is 2. The van der Waals surface area contributed by atoms with Crippen molar-refractivity contribution in [2.45, 2.75) is 12.4 Å². The third kappa shape index (κ3) is 1.60. The maximum Gasteiger partial charge on any atom is 0.218 e. The number of carbonyl (C=O) groups excluding carboxylic acids is 2. The number of Topliss-reactive ketones (excluding diaryl/α,β-unsaturated/α-hetero) is 2. The fraction of sp³-hybridized carbons (Fsp3) is 0.429. The predicted molar refractivity (Wildman–Crippen MR) is 65.9 cm³/mol. The fourth-order valence-electron chi connectivity index (χ4n) is 3.24. The Bertz CT molecular complexity index is 567. The lowest BCUT2D eigenvalue weighted by atomic mass is 10.0. The molecule has 5 heteroatoms. The van der Waals surface area contributed by atoms with Crippen LogP contribution in [0.4, 0.5) is 0 Å². The van der Waals surface area contributed by atoms with Gasteiger partial charge >= 0.3 is 0 Å². The molecule has 3 aliphatic rings. The highest BCUT2D eigenvalue weighted by Gasteiger charge is 2.68. The van der Waals surface area contributed by atoms with Crippen molar-refractivity contribution in [1.29, 1.82) is 0 Å². The summed E-state index contributed by atoms with van der Waals surface area (Å²) in [4.78, 5) is 24.4. The molecule has 2 heterocycles. The maximum absolute atomic E-state index is 12.4. The van der Waals surface area contributed by atoms with E-state index < -0.39 is 6.29 Å². The van der Waals surface area contributed by atoms with Gasteiger partial charge in [-0.2, -0.15) is 0 Å². The van der Waals surface area contributed by atoms with Gasteiger partial charge in [0.1, 0.15) is 0 Å². The van der Waals surface area contributed by atoms with E-state index in [2.05, 4.69) is 0 Å². The quantitative estimate of drug-likeness (QED) is 0.773. The van der Waals surface area contributed by atoms with Crippen molar-refractivity contribution in [3.8, 4) is 0 Å². The monoisotopic (exact) mass is 278 g/mol. The molecule has 2 bridgehead atoms. The summed E-state index contributed by atoms with van der Waals surface area (Å²) in [5.74, 6) is -0.529. The summed E-state index contributed by atoms with van der Waals surface area (Å²) in [5.41, 5.74) is 0.605. The average Bonchev–Trinajstić information content (AvgIpc) is 3.02. The van der Waals surface area contributed by atoms with E-state index in [4.69, 9.17) is 21.1 Å². The van der Waals surface area contributed by atoms with Crippen LogP contribution in [0.2, 0.25) is 5.02 Å². The molecule has 1 saturated carbocycles. The lowest BCUT2D eigenvalue weighted by molar-refractivity contribution is -0.153. The first-order valence-corrected chi connectivity index (χ1v) is 6.65. The fourth-order valence-corrected chi connectivity index (χ4v) is 3.36. The number of halogens is 1. The smallest absolute Gasteiger partial charge is 0.218 e. The van der Waals surface area contributed by atoms with Crippen LogP contribution in [0.5, 0.6) is 0 Å². The first kappa shape index (κ1) is 11.6. The molecular weight excluding hydrogens is 268 g/mol. The van der Waals surface area contributed by atoms with Crippen molar-refractivity contribution in [1.82, 2.24) is 0 Å². The van der Waals surface area contributed by atoms with Crippen molar-refractivity contribution in [3.63, 3.8) is 0 Å². The van der Waals surface area contributed by atoms with Gasteiger partial charge in [-0.3, -0.25) is 9.59 Å². The number of hydrogen-bond acceptors (Lipinski definition) is 4. The molecule has 1 aromatic carbocycles. The Morgan fingerprint density at radius 2 is 2.00 bits per heavy atom. The zero-order chi connectivity index (χ0) is 13.1. The third-order valence-electron chi connectivity index (χ3n) is 4.21. The highest BCUT2D eigenvalue weighted by Crippen LogP contribution is 2.57. The molecule has 2 aliphatic heterocycles. The largest absolute Gasteiger partial charge is 0.343 e. The molecule has 0 N–H and O–H groups in total. The summed E-state index contributed by atoms with van der Waals surface area (Å²) < 4.78 is 10.7. The summed E-state index contributed by atoms with van der Waals surface area (Å²) in [7, 11) is 0. The van der Waals surface area contributed by atoms with E-state index in [9.17, 15) is 9.59 Å². The molecule has 0 spiro atoms. The Morgan fingerprint density at radius 3 is 2.74 bits per heavy atom. The molecule has 98 valence electrons. The molecule has 1 aliphatic carbocycles. The first-order valence-electron chi connectivity index (χ1n) is 6.27. The summed E-state index contributed by atoms with van der Waals surface area (Å²) in [6.07, 6.45) is -0.844. The minimum atomic E-state index is -0.741. The van der Waals surface area contributed by atoms with Crippen LogP contribution >= 0.6 is 11.6 Å². The molecule has 3 fully saturated rings. The molecule has 0 aromatic heterocycles. The molecule has 4 rings (SSSR count). The van der Waals surface area contributed by atoms with E-state index >= 15 is 0 Å². The third-order valence-corrected chi connectivity index (χ3v) is 4.46. The van der Waals surface area contributed by atoms with Gasteiger partial charge < -0.3 is 9.47 Å². The number of ketones is 2. The Hall–Kier alpha value is -1.23. The molecule has 19 heavy (non-hydrogen) atoms. The van der Waals surface area contributed by atoms with Gasteiger partial charge in [0.25, 0.3) is 0 Å². The lowest BCUT2D eigenvalue weighted by Gasteiger charge is -2.14. The molecule has 1 aromatic rings. The van der Waals surface area contributed by atoms with Crippen molar-refractivity contribution in [3.05, 3.63) is 34.9 Å². The number of hydrogen-bond donors (Lipinski definition) is 0. The van der Waals surface area contributed by atoms with Crippen LogP contribution in [0.25, 0.3) is 0 Å². The number of fused-ring (bicyclic) bond motifs is 4. The Balaban J connectivity index is 1.60. The molecule has 4 nitrogen and oxygen atoms in total. The highest BCUT2D eigenvalue weighted by atomic mass is 35.5. The van der Waals surface area contributed by atoms with Gasteiger partial charge in [-0.15, -0.1) is 0 Å². The first-order chi connectivity index (χ1) is 9.16. The van der Waals surface area contributed by atoms with Crippen LogP contribution in [0.3, 0.4) is 0 Å². The summed E-state index contributed by atoms with van der Waals surface area (Å²) in [6, 6.07) is 6.78. The normalized spacial score (nSPS) is 39.0. The van der Waals surface area contributed by atoms with Crippen molar-refractivity contribution in [2.24, 2.45) is 17.8 Å². The van der Waals surface area contributed by atoms with E-state index in [1.165, 1.54) is 0 Å². The second kappa shape index (κ2) is 3.88. The molecule has 5 atom stereocenters. The van der Waals surface area contributed by atoms with Gasteiger partial charge in [-0.05, 0) is 24.3 Å². The van der Waals surface area contributed by atoms with Crippen LogP contribution in [0.1, 0.15) is 10.4 Å². The van der Waals surface area contributed by atoms with Crippen molar-refractivity contribution in [2.75, 3.05) is 6.61 Å². The van der Waals surface area contributed by atoms with Gasteiger partial charge in [0, 0.05) is 28.3 Å². The summed E-state index contributed by atoms with van der Waals surface area (Å²) >= 11 is 5.81. The topological polar surface area (TPSA) is 52.6 Å².